The SMILES string of the molecule is Cn1nc(-c2cc(OCC3CC3)c(Cl)cc2Cl)c(=O)cc1C(F)(F)F. The molecule has 0 saturated heterocycles. The molecule has 0 aliphatic heterocycles. The van der Waals surface area contributed by atoms with Crippen molar-refractivity contribution < 1.29 is 17.9 Å². The number of alkyl halides is 3. The molecule has 1 aromatic carbocycles. The zero-order chi connectivity index (χ0) is 18.4. The summed E-state index contributed by atoms with van der Waals surface area (Å²) in [4.78, 5) is 12.2. The smallest absolute Gasteiger partial charge is 0.433 e. The Hall–Kier alpha value is -1.73. The molecule has 1 aliphatic rings. The van der Waals surface area contributed by atoms with Crippen LogP contribution < -0.4 is 10.2 Å². The fourth-order valence-corrected chi connectivity index (χ4v) is 2.83. The first-order valence-corrected chi connectivity index (χ1v) is 8.20. The summed E-state index contributed by atoms with van der Waals surface area (Å²) >= 11 is 12.2. The third-order valence-electron chi connectivity index (χ3n) is 3.84. The molecule has 1 fully saturated rings. The number of hydrogen-bond acceptors (Lipinski definition) is 3. The van der Waals surface area contributed by atoms with Crippen molar-refractivity contribution in [2.75, 3.05) is 6.61 Å². The normalized spacial score (nSPS) is 14.6. The van der Waals surface area contributed by atoms with E-state index in [2.05, 4.69) is 5.10 Å². The van der Waals surface area contributed by atoms with Gasteiger partial charge < -0.3 is 4.74 Å². The summed E-state index contributed by atoms with van der Waals surface area (Å²) in [5, 5.41) is 4.12. The molecular formula is C16H13Cl2F3N2O2. The van der Waals surface area contributed by atoms with E-state index in [1.54, 1.807) is 0 Å². The maximum absolute atomic E-state index is 12.9. The van der Waals surface area contributed by atoms with Gasteiger partial charge in [-0.25, -0.2) is 0 Å². The average molecular weight is 393 g/mol. The largest absolute Gasteiger partial charge is 0.492 e. The van der Waals surface area contributed by atoms with Gasteiger partial charge in [0, 0.05) is 18.7 Å². The van der Waals surface area contributed by atoms with Gasteiger partial charge in [0.1, 0.15) is 17.1 Å². The van der Waals surface area contributed by atoms with E-state index < -0.39 is 17.3 Å². The van der Waals surface area contributed by atoms with Gasteiger partial charge in [-0.3, -0.25) is 9.48 Å². The minimum absolute atomic E-state index is 0.105. The molecule has 25 heavy (non-hydrogen) atoms. The molecular weight excluding hydrogens is 380 g/mol. The number of hydrogen-bond donors (Lipinski definition) is 0. The highest BCUT2D eigenvalue weighted by molar-refractivity contribution is 6.37. The standard InChI is InChI=1S/C16H13Cl2F3N2O2/c1-23-14(16(19,20)21)6-12(24)15(22-23)9-4-13(11(18)5-10(9)17)25-7-8-2-3-8/h4-6,8H,2-3,7H2,1H3. The van der Waals surface area contributed by atoms with Crippen LogP contribution in [0.4, 0.5) is 13.2 Å². The van der Waals surface area contributed by atoms with Crippen LogP contribution in [0.25, 0.3) is 11.3 Å². The van der Waals surface area contributed by atoms with Crippen molar-refractivity contribution in [3.63, 3.8) is 0 Å². The van der Waals surface area contributed by atoms with Gasteiger partial charge in [-0.15, -0.1) is 0 Å². The highest BCUT2D eigenvalue weighted by atomic mass is 35.5. The van der Waals surface area contributed by atoms with Crippen LogP contribution in [0.15, 0.2) is 23.0 Å². The van der Waals surface area contributed by atoms with Crippen molar-refractivity contribution >= 4 is 23.2 Å². The van der Waals surface area contributed by atoms with Gasteiger partial charge >= 0.3 is 6.18 Å². The molecule has 0 atom stereocenters. The minimum atomic E-state index is -4.68. The molecule has 1 aliphatic carbocycles. The van der Waals surface area contributed by atoms with Crippen LogP contribution in [-0.2, 0) is 13.2 Å². The number of aromatic nitrogens is 2. The third kappa shape index (κ3) is 3.93. The molecule has 0 radical (unpaired) electrons. The minimum Gasteiger partial charge on any atom is -0.492 e. The van der Waals surface area contributed by atoms with Gasteiger partial charge in [-0.05, 0) is 30.9 Å². The van der Waals surface area contributed by atoms with Gasteiger partial charge in [0.05, 0.1) is 16.7 Å². The Bertz CT molecular complexity index is 877. The Kier molecular flexibility index (Phi) is 4.72. The fraction of sp³-hybridized carbons (Fsp3) is 0.375. The molecule has 0 bridgehead atoms. The lowest BCUT2D eigenvalue weighted by atomic mass is 10.1. The summed E-state index contributed by atoms with van der Waals surface area (Å²) in [5.41, 5.74) is -2.06. The predicted molar refractivity (Wildman–Crippen MR) is 88.2 cm³/mol. The highest BCUT2D eigenvalue weighted by Crippen LogP contribution is 2.37. The van der Waals surface area contributed by atoms with E-state index in [0.29, 0.717) is 29.0 Å². The summed E-state index contributed by atoms with van der Waals surface area (Å²) in [7, 11) is 1.11. The van der Waals surface area contributed by atoms with Crippen molar-refractivity contribution in [3.05, 3.63) is 44.2 Å². The first kappa shape index (κ1) is 18.1. The van der Waals surface area contributed by atoms with Gasteiger partial charge in [-0.1, -0.05) is 23.2 Å². The van der Waals surface area contributed by atoms with E-state index in [1.807, 2.05) is 0 Å². The van der Waals surface area contributed by atoms with E-state index >= 15 is 0 Å². The van der Waals surface area contributed by atoms with Gasteiger partial charge in [0.25, 0.3) is 0 Å². The lowest BCUT2D eigenvalue weighted by Crippen LogP contribution is -2.22. The molecule has 1 aromatic heterocycles. The molecule has 1 saturated carbocycles. The zero-order valence-electron chi connectivity index (χ0n) is 13.0. The lowest BCUT2D eigenvalue weighted by Gasteiger charge is -2.14. The van der Waals surface area contributed by atoms with Gasteiger partial charge in [-0.2, -0.15) is 18.3 Å². The van der Waals surface area contributed by atoms with Crippen molar-refractivity contribution in [3.8, 4) is 17.0 Å². The molecule has 4 nitrogen and oxygen atoms in total. The zero-order valence-corrected chi connectivity index (χ0v) is 14.5. The van der Waals surface area contributed by atoms with Crippen LogP contribution in [0.3, 0.4) is 0 Å². The van der Waals surface area contributed by atoms with Crippen molar-refractivity contribution in [2.45, 2.75) is 19.0 Å². The Morgan fingerprint density at radius 1 is 1.24 bits per heavy atom. The summed E-state index contributed by atoms with van der Waals surface area (Å²) in [6.45, 7) is 0.485. The lowest BCUT2D eigenvalue weighted by molar-refractivity contribution is -0.144. The van der Waals surface area contributed by atoms with Gasteiger partial charge in [0.2, 0.25) is 5.43 Å². The number of nitrogens with zero attached hydrogens (tertiary/aromatic N) is 2. The molecule has 9 heteroatoms. The predicted octanol–water partition coefficient (Wildman–Crippen LogP) is 4.56. The van der Waals surface area contributed by atoms with Crippen molar-refractivity contribution in [2.24, 2.45) is 13.0 Å². The Balaban J connectivity index is 2.04. The molecule has 0 spiro atoms. The molecule has 0 N–H and O–H groups in total. The maximum Gasteiger partial charge on any atom is 0.433 e. The van der Waals surface area contributed by atoms with E-state index in [1.165, 1.54) is 12.1 Å². The summed E-state index contributed by atoms with van der Waals surface area (Å²) in [6, 6.07) is 3.32. The van der Waals surface area contributed by atoms with Crippen molar-refractivity contribution in [1.29, 1.82) is 0 Å². The van der Waals surface area contributed by atoms with E-state index in [9.17, 15) is 18.0 Å². The Morgan fingerprint density at radius 3 is 2.52 bits per heavy atom. The Labute approximate surface area is 151 Å². The number of aryl methyl sites for hydroxylation is 1. The van der Waals surface area contributed by atoms with E-state index in [0.717, 1.165) is 19.9 Å². The average Bonchev–Trinajstić information content (AvgIpc) is 3.32. The number of halogens is 5. The molecule has 0 unspecified atom stereocenters. The first-order valence-electron chi connectivity index (χ1n) is 7.44. The summed E-state index contributed by atoms with van der Waals surface area (Å²) < 4.78 is 44.9. The van der Waals surface area contributed by atoms with Crippen molar-refractivity contribution in [1.82, 2.24) is 9.78 Å². The van der Waals surface area contributed by atoms with Crippen LogP contribution >= 0.6 is 23.2 Å². The van der Waals surface area contributed by atoms with Crippen LogP contribution in [0.5, 0.6) is 5.75 Å². The topological polar surface area (TPSA) is 44.1 Å². The highest BCUT2D eigenvalue weighted by Gasteiger charge is 2.34. The molecule has 2 aromatic rings. The summed E-state index contributed by atoms with van der Waals surface area (Å²) in [6.07, 6.45) is -2.51. The fourth-order valence-electron chi connectivity index (χ4n) is 2.30. The molecule has 0 amide bonds. The van der Waals surface area contributed by atoms with Gasteiger partial charge in [0.15, 0.2) is 0 Å². The van der Waals surface area contributed by atoms with Crippen LogP contribution in [0, 0.1) is 5.92 Å². The second kappa shape index (κ2) is 6.53. The number of ether oxygens (including phenoxy) is 1. The monoisotopic (exact) mass is 392 g/mol. The molecule has 1 heterocycles. The number of benzene rings is 1. The second-order valence-corrected chi connectivity index (χ2v) is 6.70. The van der Waals surface area contributed by atoms with Crippen LogP contribution in [0.2, 0.25) is 10.0 Å². The van der Waals surface area contributed by atoms with Crippen LogP contribution in [-0.4, -0.2) is 16.4 Å². The quantitative estimate of drug-likeness (QED) is 0.765. The Morgan fingerprint density at radius 2 is 1.92 bits per heavy atom. The number of rotatable bonds is 4. The van der Waals surface area contributed by atoms with E-state index in [4.69, 9.17) is 27.9 Å². The molecule has 3 rings (SSSR count). The molecule has 134 valence electrons. The first-order chi connectivity index (χ1) is 11.7. The van der Waals surface area contributed by atoms with E-state index in [-0.39, 0.29) is 21.3 Å². The van der Waals surface area contributed by atoms with Crippen LogP contribution in [0.1, 0.15) is 18.5 Å². The third-order valence-corrected chi connectivity index (χ3v) is 4.45. The second-order valence-electron chi connectivity index (χ2n) is 5.88. The summed E-state index contributed by atoms with van der Waals surface area (Å²) in [5.74, 6) is 0.795. The maximum atomic E-state index is 12.9.